The van der Waals surface area contributed by atoms with Crippen molar-refractivity contribution in [3.8, 4) is 0 Å². The van der Waals surface area contributed by atoms with Crippen molar-refractivity contribution in [2.75, 3.05) is 37.6 Å². The highest BCUT2D eigenvalue weighted by molar-refractivity contribution is 7.20. The zero-order valence-corrected chi connectivity index (χ0v) is 21.2. The molecule has 1 amide bonds. The lowest BCUT2D eigenvalue weighted by atomic mass is 9.96. The molecule has 34 heavy (non-hydrogen) atoms. The van der Waals surface area contributed by atoms with Gasteiger partial charge in [-0.3, -0.25) is 9.59 Å². The second-order valence-corrected chi connectivity index (χ2v) is 11.2. The molecule has 2 saturated heterocycles. The fourth-order valence-corrected chi connectivity index (χ4v) is 6.65. The number of likely N-dealkylation sites (tertiary alicyclic amines) is 1. The summed E-state index contributed by atoms with van der Waals surface area (Å²) in [4.78, 5) is 35.9. The second kappa shape index (κ2) is 10.7. The number of carbonyl (C=O) groups excluding carboxylic acids is 1. The SMILES string of the molecule is C[C@@H](CCNC(=O)C1CCN(c2nn3c(=O)c4c(nc3s2)CCCC4)CC1)N1CCCCCC1. The molecule has 1 aliphatic carbocycles. The van der Waals surface area contributed by atoms with Crippen LogP contribution in [0.2, 0.25) is 0 Å². The predicted octanol–water partition coefficient (Wildman–Crippen LogP) is 3.02. The molecule has 0 bridgehead atoms. The van der Waals surface area contributed by atoms with Gasteiger partial charge in [-0.1, -0.05) is 24.2 Å². The van der Waals surface area contributed by atoms with Crippen LogP contribution < -0.4 is 15.8 Å². The molecule has 0 saturated carbocycles. The molecule has 3 aliphatic rings. The molecule has 1 N–H and O–H groups in total. The molecule has 2 fully saturated rings. The maximum atomic E-state index is 12.9. The van der Waals surface area contributed by atoms with Crippen molar-refractivity contribution >= 4 is 27.3 Å². The smallest absolute Gasteiger partial charge is 0.278 e. The minimum atomic E-state index is 0.00543. The van der Waals surface area contributed by atoms with Crippen LogP contribution in [-0.4, -0.2) is 64.2 Å². The van der Waals surface area contributed by atoms with E-state index in [1.54, 1.807) is 0 Å². The van der Waals surface area contributed by atoms with Crippen molar-refractivity contribution in [1.82, 2.24) is 24.8 Å². The van der Waals surface area contributed by atoms with Crippen LogP contribution in [0.25, 0.3) is 4.96 Å². The third-order valence-electron chi connectivity index (χ3n) is 7.93. The number of fused-ring (bicyclic) bond motifs is 2. The highest BCUT2D eigenvalue weighted by Crippen LogP contribution is 2.28. The second-order valence-electron chi connectivity index (χ2n) is 10.3. The monoisotopic (exact) mass is 486 g/mol. The van der Waals surface area contributed by atoms with Crippen molar-refractivity contribution in [2.24, 2.45) is 5.92 Å². The van der Waals surface area contributed by atoms with Crippen LogP contribution in [0.15, 0.2) is 4.79 Å². The number of aryl methyl sites for hydroxylation is 1. The van der Waals surface area contributed by atoms with Crippen molar-refractivity contribution in [1.29, 1.82) is 0 Å². The first-order valence-electron chi connectivity index (χ1n) is 13.3. The van der Waals surface area contributed by atoms with Crippen molar-refractivity contribution in [2.45, 2.75) is 83.6 Å². The van der Waals surface area contributed by atoms with E-state index in [4.69, 9.17) is 4.98 Å². The number of carbonyl (C=O) groups is 1. The van der Waals surface area contributed by atoms with Gasteiger partial charge in [-0.15, -0.1) is 5.10 Å². The molecular formula is C25H38N6O2S. The average Bonchev–Trinajstić information content (AvgIpc) is 3.10. The summed E-state index contributed by atoms with van der Waals surface area (Å²) >= 11 is 1.49. The molecule has 0 aromatic carbocycles. The van der Waals surface area contributed by atoms with E-state index >= 15 is 0 Å². The summed E-state index contributed by atoms with van der Waals surface area (Å²) in [6, 6.07) is 0.530. The third-order valence-corrected chi connectivity index (χ3v) is 8.90. The summed E-state index contributed by atoms with van der Waals surface area (Å²) in [7, 11) is 0. The van der Waals surface area contributed by atoms with E-state index in [9.17, 15) is 9.59 Å². The topological polar surface area (TPSA) is 82.8 Å². The summed E-state index contributed by atoms with van der Waals surface area (Å²) in [6.45, 7) is 7.03. The van der Waals surface area contributed by atoms with Crippen LogP contribution in [0.4, 0.5) is 5.13 Å². The lowest BCUT2D eigenvalue weighted by molar-refractivity contribution is -0.125. The normalized spacial score (nSPS) is 21.3. The standard InChI is InChI=1S/C25H38N6O2S/c1-18(29-14-6-2-3-7-15-29)10-13-26-22(32)19-11-16-30(17-12-19)25-28-31-23(33)20-8-4-5-9-21(20)27-24(31)34-25/h18-19H,2-17H2,1H3,(H,26,32)/t18-/m0/s1. The molecule has 186 valence electrons. The Kier molecular flexibility index (Phi) is 7.49. The molecular weight excluding hydrogens is 448 g/mol. The van der Waals surface area contributed by atoms with E-state index in [-0.39, 0.29) is 17.4 Å². The molecule has 0 radical (unpaired) electrons. The maximum Gasteiger partial charge on any atom is 0.278 e. The Bertz CT molecular complexity index is 1050. The highest BCUT2D eigenvalue weighted by Gasteiger charge is 2.28. The minimum absolute atomic E-state index is 0.00543. The van der Waals surface area contributed by atoms with Crippen molar-refractivity contribution in [3.63, 3.8) is 0 Å². The van der Waals surface area contributed by atoms with Gasteiger partial charge in [0.1, 0.15) is 0 Å². The van der Waals surface area contributed by atoms with Gasteiger partial charge in [0.2, 0.25) is 16.0 Å². The number of nitrogens with one attached hydrogen (secondary N) is 1. The number of amides is 1. The first-order chi connectivity index (χ1) is 16.6. The Morgan fingerprint density at radius 2 is 1.79 bits per heavy atom. The quantitative estimate of drug-likeness (QED) is 0.676. The number of hydrogen-bond acceptors (Lipinski definition) is 7. The highest BCUT2D eigenvalue weighted by atomic mass is 32.1. The largest absolute Gasteiger partial charge is 0.356 e. The minimum Gasteiger partial charge on any atom is -0.356 e. The Morgan fingerprint density at radius 3 is 2.56 bits per heavy atom. The van der Waals surface area contributed by atoms with Gasteiger partial charge < -0.3 is 15.1 Å². The lowest BCUT2D eigenvalue weighted by Gasteiger charge is -2.31. The Morgan fingerprint density at radius 1 is 1.06 bits per heavy atom. The van der Waals surface area contributed by atoms with E-state index < -0.39 is 0 Å². The lowest BCUT2D eigenvalue weighted by Crippen LogP contribution is -2.42. The van der Waals surface area contributed by atoms with Gasteiger partial charge in [-0.2, -0.15) is 4.52 Å². The number of rotatable bonds is 6. The fourth-order valence-electron chi connectivity index (χ4n) is 5.69. The van der Waals surface area contributed by atoms with Gasteiger partial charge in [0.05, 0.1) is 5.69 Å². The number of aromatic nitrogens is 3. The zero-order valence-electron chi connectivity index (χ0n) is 20.4. The summed E-state index contributed by atoms with van der Waals surface area (Å²) in [6.07, 6.45) is 11.8. The summed E-state index contributed by atoms with van der Waals surface area (Å²) in [5.41, 5.74) is 1.82. The average molecular weight is 487 g/mol. The van der Waals surface area contributed by atoms with Crippen LogP contribution in [-0.2, 0) is 17.6 Å². The van der Waals surface area contributed by atoms with Gasteiger partial charge in [-0.05, 0) is 77.8 Å². The summed E-state index contributed by atoms with van der Waals surface area (Å²) < 4.78 is 1.49. The molecule has 0 spiro atoms. The van der Waals surface area contributed by atoms with Crippen molar-refractivity contribution in [3.05, 3.63) is 21.6 Å². The van der Waals surface area contributed by atoms with Gasteiger partial charge in [0.15, 0.2) is 0 Å². The number of piperidine rings is 1. The number of hydrogen-bond donors (Lipinski definition) is 1. The fraction of sp³-hybridized carbons (Fsp3) is 0.760. The van der Waals surface area contributed by atoms with Crippen LogP contribution in [0.3, 0.4) is 0 Å². The third kappa shape index (κ3) is 5.15. The summed E-state index contributed by atoms with van der Waals surface area (Å²) in [5.74, 6) is 0.254. The number of anilines is 1. The zero-order chi connectivity index (χ0) is 23.5. The van der Waals surface area contributed by atoms with Gasteiger partial charge in [0.25, 0.3) is 5.56 Å². The first-order valence-corrected chi connectivity index (χ1v) is 14.1. The molecule has 9 heteroatoms. The predicted molar refractivity (Wildman–Crippen MR) is 136 cm³/mol. The van der Waals surface area contributed by atoms with Gasteiger partial charge in [-0.25, -0.2) is 4.98 Å². The molecule has 1 atom stereocenters. The number of nitrogens with zero attached hydrogens (tertiary/aromatic N) is 5. The van der Waals surface area contributed by atoms with E-state index in [1.807, 2.05) is 0 Å². The van der Waals surface area contributed by atoms with E-state index in [2.05, 4.69) is 27.1 Å². The van der Waals surface area contributed by atoms with Gasteiger partial charge >= 0.3 is 0 Å². The molecule has 0 unspecified atom stereocenters. The van der Waals surface area contributed by atoms with E-state index in [0.717, 1.165) is 81.0 Å². The molecule has 2 aliphatic heterocycles. The Balaban J connectivity index is 1.12. The Hall–Kier alpha value is -2.00. The van der Waals surface area contributed by atoms with E-state index in [0.29, 0.717) is 11.0 Å². The van der Waals surface area contributed by atoms with Gasteiger partial charge in [0, 0.05) is 37.2 Å². The molecule has 2 aromatic heterocycles. The summed E-state index contributed by atoms with van der Waals surface area (Å²) in [5, 5.41) is 8.66. The molecule has 2 aromatic rings. The van der Waals surface area contributed by atoms with Crippen LogP contribution in [0, 0.1) is 5.92 Å². The van der Waals surface area contributed by atoms with Crippen LogP contribution in [0.1, 0.15) is 76.0 Å². The molecule has 4 heterocycles. The molecule has 5 rings (SSSR count). The maximum absolute atomic E-state index is 12.9. The molecule has 8 nitrogen and oxygen atoms in total. The van der Waals surface area contributed by atoms with Crippen LogP contribution >= 0.6 is 11.3 Å². The Labute approximate surface area is 205 Å². The first kappa shape index (κ1) is 23.7. The van der Waals surface area contributed by atoms with Crippen molar-refractivity contribution < 1.29 is 4.79 Å². The van der Waals surface area contributed by atoms with E-state index in [1.165, 1.54) is 54.6 Å². The van der Waals surface area contributed by atoms with Crippen LogP contribution in [0.5, 0.6) is 0 Å².